The average Bonchev–Trinajstić information content (AvgIpc) is 2.99. The Hall–Kier alpha value is -2.90. The van der Waals surface area contributed by atoms with Crippen molar-refractivity contribution in [2.24, 2.45) is 0 Å². The zero-order chi connectivity index (χ0) is 17.8. The largest absolute Gasteiger partial charge is 0.396 e. The number of aromatic nitrogens is 3. The van der Waals surface area contributed by atoms with Crippen molar-refractivity contribution in [3.8, 4) is 5.82 Å². The van der Waals surface area contributed by atoms with Crippen LogP contribution < -0.4 is 10.9 Å². The van der Waals surface area contributed by atoms with E-state index in [0.717, 1.165) is 10.2 Å². The van der Waals surface area contributed by atoms with Gasteiger partial charge in [-0.05, 0) is 36.2 Å². The lowest BCUT2D eigenvalue weighted by Crippen LogP contribution is -2.15. The molecule has 7 nitrogen and oxygen atoms in total. The topological polar surface area (TPSA) is 100 Å². The van der Waals surface area contributed by atoms with Crippen LogP contribution in [0.15, 0.2) is 53.5 Å². The number of anilines is 1. The minimum atomic E-state index is -0.460. The molecule has 0 bridgehead atoms. The minimum Gasteiger partial charge on any atom is -0.396 e. The van der Waals surface area contributed by atoms with Gasteiger partial charge in [-0.3, -0.25) is 14.7 Å². The molecule has 0 spiro atoms. The number of carbonyl (C=O) groups excluding carboxylic acids is 1. The van der Waals surface area contributed by atoms with Crippen LogP contribution in [0, 0.1) is 0 Å². The second kappa shape index (κ2) is 7.33. The Morgan fingerprint density at radius 3 is 2.72 bits per heavy atom. The van der Waals surface area contributed by atoms with Crippen molar-refractivity contribution < 1.29 is 9.90 Å². The second-order valence-electron chi connectivity index (χ2n) is 5.28. The molecule has 25 heavy (non-hydrogen) atoms. The fourth-order valence-corrected chi connectivity index (χ4v) is 2.50. The first-order valence-electron chi connectivity index (χ1n) is 7.52. The third-order valence-corrected chi connectivity index (χ3v) is 3.82. The average molecular weight is 359 g/mol. The Bertz CT molecular complexity index is 947. The number of hydrogen-bond donors (Lipinski definition) is 3. The summed E-state index contributed by atoms with van der Waals surface area (Å²) in [6.07, 6.45) is 2.05. The number of H-pyrrole nitrogens is 1. The third kappa shape index (κ3) is 3.78. The second-order valence-corrected chi connectivity index (χ2v) is 5.68. The Kier molecular flexibility index (Phi) is 4.97. The van der Waals surface area contributed by atoms with Gasteiger partial charge in [-0.15, -0.1) is 0 Å². The zero-order valence-electron chi connectivity index (χ0n) is 13.1. The van der Waals surface area contributed by atoms with E-state index < -0.39 is 11.5 Å². The molecule has 0 aliphatic rings. The molecule has 3 N–H and O–H groups in total. The van der Waals surface area contributed by atoms with Gasteiger partial charge < -0.3 is 10.4 Å². The highest BCUT2D eigenvalue weighted by Crippen LogP contribution is 2.15. The number of hydrogen-bond acceptors (Lipinski definition) is 4. The molecule has 0 saturated heterocycles. The van der Waals surface area contributed by atoms with Crippen LogP contribution in [-0.4, -0.2) is 32.4 Å². The molecule has 1 aromatic carbocycles. The van der Waals surface area contributed by atoms with Crippen molar-refractivity contribution in [1.29, 1.82) is 0 Å². The fourth-order valence-electron chi connectivity index (χ4n) is 2.29. The summed E-state index contributed by atoms with van der Waals surface area (Å²) >= 11 is 6.03. The minimum absolute atomic E-state index is 0.0660. The Balaban J connectivity index is 1.80. The molecule has 128 valence electrons. The van der Waals surface area contributed by atoms with E-state index in [-0.39, 0.29) is 23.1 Å². The van der Waals surface area contributed by atoms with Crippen LogP contribution in [-0.2, 0) is 6.42 Å². The van der Waals surface area contributed by atoms with Crippen LogP contribution in [0.25, 0.3) is 5.82 Å². The molecule has 0 aliphatic heterocycles. The number of rotatable bonds is 5. The van der Waals surface area contributed by atoms with Gasteiger partial charge in [-0.1, -0.05) is 23.7 Å². The number of carbonyl (C=O) groups is 1. The molecule has 3 aromatic rings. The van der Waals surface area contributed by atoms with Crippen molar-refractivity contribution in [1.82, 2.24) is 14.8 Å². The van der Waals surface area contributed by atoms with E-state index in [1.807, 2.05) is 12.1 Å². The van der Waals surface area contributed by atoms with Crippen molar-refractivity contribution in [2.75, 3.05) is 11.9 Å². The smallest absolute Gasteiger partial charge is 0.273 e. The first kappa shape index (κ1) is 16.9. The van der Waals surface area contributed by atoms with E-state index in [4.69, 9.17) is 16.7 Å². The SMILES string of the molecule is O=C(Nc1ccc(CCO)cc1)c1cc(=O)n(-c2ncccc2Cl)[nH]1. The number of amides is 1. The molecule has 0 saturated carbocycles. The van der Waals surface area contributed by atoms with Gasteiger partial charge in [0.2, 0.25) is 0 Å². The van der Waals surface area contributed by atoms with E-state index in [0.29, 0.717) is 12.1 Å². The van der Waals surface area contributed by atoms with E-state index in [9.17, 15) is 9.59 Å². The Labute approximate surface area is 147 Å². The lowest BCUT2D eigenvalue weighted by molar-refractivity contribution is 0.102. The van der Waals surface area contributed by atoms with Gasteiger partial charge in [0.15, 0.2) is 5.82 Å². The number of aliphatic hydroxyl groups excluding tert-OH is 1. The van der Waals surface area contributed by atoms with Crippen LogP contribution in [0.2, 0.25) is 5.02 Å². The standard InChI is InChI=1S/C17H15ClN4O3/c18-13-2-1-8-19-16(13)22-15(24)10-14(21-22)17(25)20-12-5-3-11(4-6-12)7-9-23/h1-6,8,10,21,23H,7,9H2,(H,20,25). The van der Waals surface area contributed by atoms with Gasteiger partial charge in [0.25, 0.3) is 11.5 Å². The highest BCUT2D eigenvalue weighted by Gasteiger charge is 2.14. The van der Waals surface area contributed by atoms with Crippen LogP contribution in [0.4, 0.5) is 5.69 Å². The lowest BCUT2D eigenvalue weighted by Gasteiger charge is -2.05. The molecular formula is C17H15ClN4O3. The van der Waals surface area contributed by atoms with E-state index in [1.54, 1.807) is 24.3 Å². The number of halogens is 1. The van der Waals surface area contributed by atoms with E-state index in [2.05, 4.69) is 15.4 Å². The molecular weight excluding hydrogens is 344 g/mol. The van der Waals surface area contributed by atoms with Crippen LogP contribution in [0.5, 0.6) is 0 Å². The molecule has 1 amide bonds. The molecule has 2 heterocycles. The summed E-state index contributed by atoms with van der Waals surface area (Å²) in [4.78, 5) is 28.5. The van der Waals surface area contributed by atoms with E-state index in [1.165, 1.54) is 12.3 Å². The number of nitrogens with zero attached hydrogens (tertiary/aromatic N) is 2. The number of benzene rings is 1. The monoisotopic (exact) mass is 358 g/mol. The van der Waals surface area contributed by atoms with Crippen LogP contribution in [0.3, 0.4) is 0 Å². The number of nitrogens with one attached hydrogen (secondary N) is 2. The van der Waals surface area contributed by atoms with Gasteiger partial charge in [0.1, 0.15) is 5.69 Å². The maximum absolute atomic E-state index is 12.3. The molecule has 8 heteroatoms. The Morgan fingerprint density at radius 2 is 2.04 bits per heavy atom. The van der Waals surface area contributed by atoms with Crippen molar-refractivity contribution >= 4 is 23.2 Å². The third-order valence-electron chi connectivity index (χ3n) is 3.53. The predicted molar refractivity (Wildman–Crippen MR) is 94.4 cm³/mol. The molecule has 2 aromatic heterocycles. The first-order valence-corrected chi connectivity index (χ1v) is 7.90. The van der Waals surface area contributed by atoms with Crippen LogP contribution >= 0.6 is 11.6 Å². The Morgan fingerprint density at radius 1 is 1.28 bits per heavy atom. The summed E-state index contributed by atoms with van der Waals surface area (Å²) in [5.74, 6) is -0.237. The molecule has 0 unspecified atom stereocenters. The van der Waals surface area contributed by atoms with Gasteiger partial charge in [0.05, 0.1) is 5.02 Å². The molecule has 0 aliphatic carbocycles. The summed E-state index contributed by atoms with van der Waals surface area (Å²) in [6.45, 7) is 0.0660. The van der Waals surface area contributed by atoms with E-state index >= 15 is 0 Å². The number of pyridine rings is 1. The summed E-state index contributed by atoms with van der Waals surface area (Å²) in [7, 11) is 0. The number of aromatic amines is 1. The maximum Gasteiger partial charge on any atom is 0.273 e. The van der Waals surface area contributed by atoms with Gasteiger partial charge in [0, 0.05) is 24.6 Å². The van der Waals surface area contributed by atoms with Crippen molar-refractivity contribution in [2.45, 2.75) is 6.42 Å². The quantitative estimate of drug-likeness (QED) is 0.649. The molecule has 3 rings (SSSR count). The first-order chi connectivity index (χ1) is 12.1. The lowest BCUT2D eigenvalue weighted by atomic mass is 10.1. The zero-order valence-corrected chi connectivity index (χ0v) is 13.8. The molecule has 0 fully saturated rings. The summed E-state index contributed by atoms with van der Waals surface area (Å²) in [5.41, 5.74) is 1.19. The highest BCUT2D eigenvalue weighted by atomic mass is 35.5. The van der Waals surface area contributed by atoms with Crippen molar-refractivity contribution in [3.05, 3.63) is 75.3 Å². The van der Waals surface area contributed by atoms with Crippen molar-refractivity contribution in [3.63, 3.8) is 0 Å². The maximum atomic E-state index is 12.3. The van der Waals surface area contributed by atoms with Gasteiger partial charge in [-0.2, -0.15) is 4.68 Å². The molecule has 0 radical (unpaired) electrons. The summed E-state index contributed by atoms with van der Waals surface area (Å²) in [5, 5.41) is 14.6. The number of aliphatic hydroxyl groups is 1. The van der Waals surface area contributed by atoms with Gasteiger partial charge in [-0.25, -0.2) is 4.98 Å². The normalized spacial score (nSPS) is 10.6. The summed E-state index contributed by atoms with van der Waals surface area (Å²) in [6, 6.07) is 11.5. The summed E-state index contributed by atoms with van der Waals surface area (Å²) < 4.78 is 1.11. The fraction of sp³-hybridized carbons (Fsp3) is 0.118. The van der Waals surface area contributed by atoms with Gasteiger partial charge >= 0.3 is 0 Å². The highest BCUT2D eigenvalue weighted by molar-refractivity contribution is 6.32. The molecule has 0 atom stereocenters. The van der Waals surface area contributed by atoms with Crippen LogP contribution in [0.1, 0.15) is 16.1 Å². The predicted octanol–water partition coefficient (Wildman–Crippen LogP) is 2.00.